The maximum atomic E-state index is 12.4. The first-order chi connectivity index (χ1) is 11.5. The molecule has 4 bridgehead atoms. The Bertz CT molecular complexity index is 641. The second-order valence-electron chi connectivity index (χ2n) is 7.94. The number of hydrazine groups is 1. The molecule has 2 N–H and O–H groups in total. The van der Waals surface area contributed by atoms with Crippen LogP contribution in [0.1, 0.15) is 55.3 Å². The van der Waals surface area contributed by atoms with Gasteiger partial charge in [-0.3, -0.25) is 20.4 Å². The van der Waals surface area contributed by atoms with Gasteiger partial charge in [-0.05, 0) is 73.8 Å². The standard InChI is InChI=1S/C18H22ClN3O2/c19-16-14(2-1-3-20-16)17(24)22-21-15(23)10-18-7-11-4-12(8-18)6-13(5-11)9-18/h1-3,11-13H,4-10H2,(H,21,23)(H,22,24). The first-order valence-electron chi connectivity index (χ1n) is 8.73. The number of hydrogen-bond donors (Lipinski definition) is 2. The molecule has 1 heterocycles. The van der Waals surface area contributed by atoms with E-state index in [9.17, 15) is 9.59 Å². The number of aromatic nitrogens is 1. The summed E-state index contributed by atoms with van der Waals surface area (Å²) in [5.41, 5.74) is 5.44. The van der Waals surface area contributed by atoms with Crippen molar-refractivity contribution >= 4 is 23.4 Å². The Labute approximate surface area is 146 Å². The van der Waals surface area contributed by atoms with Gasteiger partial charge in [-0.15, -0.1) is 0 Å². The van der Waals surface area contributed by atoms with Gasteiger partial charge in [0.1, 0.15) is 5.15 Å². The van der Waals surface area contributed by atoms with Gasteiger partial charge in [-0.2, -0.15) is 0 Å². The monoisotopic (exact) mass is 347 g/mol. The number of carbonyl (C=O) groups is 2. The van der Waals surface area contributed by atoms with E-state index in [0.717, 1.165) is 17.8 Å². The van der Waals surface area contributed by atoms with Gasteiger partial charge in [0.2, 0.25) is 5.91 Å². The fraction of sp³-hybridized carbons (Fsp3) is 0.611. The molecule has 5 nitrogen and oxygen atoms in total. The maximum absolute atomic E-state index is 12.4. The molecule has 4 aliphatic rings. The van der Waals surface area contributed by atoms with Crippen molar-refractivity contribution in [2.24, 2.45) is 23.2 Å². The van der Waals surface area contributed by atoms with E-state index < -0.39 is 5.91 Å². The number of hydrogen-bond acceptors (Lipinski definition) is 3. The van der Waals surface area contributed by atoms with Crippen LogP contribution in [0.4, 0.5) is 0 Å². The predicted molar refractivity (Wildman–Crippen MR) is 90.1 cm³/mol. The van der Waals surface area contributed by atoms with E-state index in [1.54, 1.807) is 12.1 Å². The van der Waals surface area contributed by atoms with E-state index >= 15 is 0 Å². The van der Waals surface area contributed by atoms with E-state index in [0.29, 0.717) is 6.42 Å². The first-order valence-corrected chi connectivity index (χ1v) is 9.10. The van der Waals surface area contributed by atoms with Crippen molar-refractivity contribution in [3.8, 4) is 0 Å². The number of nitrogens with zero attached hydrogens (tertiary/aromatic N) is 1. The van der Waals surface area contributed by atoms with Gasteiger partial charge < -0.3 is 0 Å². The van der Waals surface area contributed by atoms with E-state index in [-0.39, 0.29) is 22.0 Å². The van der Waals surface area contributed by atoms with Crippen LogP contribution in [0.3, 0.4) is 0 Å². The molecule has 2 amide bonds. The SMILES string of the molecule is O=C(CC12CC3CC(CC(C3)C1)C2)NNC(=O)c1cccnc1Cl. The molecule has 6 heteroatoms. The first kappa shape index (κ1) is 15.9. The molecular formula is C18H22ClN3O2. The van der Waals surface area contributed by atoms with Crippen molar-refractivity contribution < 1.29 is 9.59 Å². The molecule has 0 aliphatic heterocycles. The molecule has 1 aromatic heterocycles. The van der Waals surface area contributed by atoms with Gasteiger partial charge in [0.05, 0.1) is 5.56 Å². The van der Waals surface area contributed by atoms with Crippen molar-refractivity contribution in [1.29, 1.82) is 0 Å². The number of pyridine rings is 1. The number of nitrogens with one attached hydrogen (secondary N) is 2. The lowest BCUT2D eigenvalue weighted by Crippen LogP contribution is -2.50. The van der Waals surface area contributed by atoms with Gasteiger partial charge >= 0.3 is 0 Å². The van der Waals surface area contributed by atoms with Crippen LogP contribution in [0.2, 0.25) is 5.15 Å². The van der Waals surface area contributed by atoms with Crippen LogP contribution in [0.25, 0.3) is 0 Å². The number of amides is 2. The van der Waals surface area contributed by atoms with Crippen LogP contribution in [-0.2, 0) is 4.79 Å². The van der Waals surface area contributed by atoms with Crippen LogP contribution in [0.5, 0.6) is 0 Å². The fourth-order valence-corrected chi connectivity index (χ4v) is 5.85. The smallest absolute Gasteiger partial charge is 0.272 e. The lowest BCUT2D eigenvalue weighted by Gasteiger charge is -2.56. The van der Waals surface area contributed by atoms with Crippen LogP contribution < -0.4 is 10.9 Å². The minimum Gasteiger partial charge on any atom is -0.273 e. The van der Waals surface area contributed by atoms with Gasteiger partial charge in [-0.25, -0.2) is 4.98 Å². The lowest BCUT2D eigenvalue weighted by atomic mass is 9.49. The van der Waals surface area contributed by atoms with Crippen molar-refractivity contribution in [2.75, 3.05) is 0 Å². The van der Waals surface area contributed by atoms with Gasteiger partial charge in [0, 0.05) is 12.6 Å². The zero-order chi connectivity index (χ0) is 16.7. The Kier molecular flexibility index (Phi) is 3.99. The molecule has 128 valence electrons. The zero-order valence-corrected chi connectivity index (χ0v) is 14.3. The summed E-state index contributed by atoms with van der Waals surface area (Å²) in [6, 6.07) is 3.22. The molecule has 0 atom stereocenters. The third-order valence-corrected chi connectivity index (χ3v) is 6.32. The summed E-state index contributed by atoms with van der Waals surface area (Å²) in [6.45, 7) is 0. The Balaban J connectivity index is 1.34. The van der Waals surface area contributed by atoms with E-state index in [4.69, 9.17) is 11.6 Å². The minimum absolute atomic E-state index is 0.106. The normalized spacial score (nSPS) is 33.3. The van der Waals surface area contributed by atoms with E-state index in [1.807, 2.05) is 0 Å². The molecule has 0 spiro atoms. The largest absolute Gasteiger partial charge is 0.273 e. The number of rotatable bonds is 3. The van der Waals surface area contributed by atoms with Crippen LogP contribution in [0.15, 0.2) is 18.3 Å². The van der Waals surface area contributed by atoms with Gasteiger partial charge in [0.15, 0.2) is 0 Å². The average molecular weight is 348 g/mol. The third kappa shape index (κ3) is 3.02. The highest BCUT2D eigenvalue weighted by Gasteiger charge is 2.51. The second-order valence-corrected chi connectivity index (χ2v) is 8.30. The highest BCUT2D eigenvalue weighted by molar-refractivity contribution is 6.32. The number of halogens is 1. The molecular weight excluding hydrogens is 326 g/mol. The Morgan fingerprint density at radius 1 is 1.12 bits per heavy atom. The Morgan fingerprint density at radius 2 is 1.75 bits per heavy atom. The van der Waals surface area contributed by atoms with Gasteiger partial charge in [0.25, 0.3) is 5.91 Å². The molecule has 0 aromatic carbocycles. The van der Waals surface area contributed by atoms with Crippen molar-refractivity contribution in [3.63, 3.8) is 0 Å². The highest BCUT2D eigenvalue weighted by Crippen LogP contribution is 2.61. The van der Waals surface area contributed by atoms with Crippen molar-refractivity contribution in [2.45, 2.75) is 44.9 Å². The number of carbonyl (C=O) groups excluding carboxylic acids is 2. The van der Waals surface area contributed by atoms with E-state index in [1.165, 1.54) is 44.7 Å². The Morgan fingerprint density at radius 3 is 2.33 bits per heavy atom. The summed E-state index contributed by atoms with van der Waals surface area (Å²) in [7, 11) is 0. The molecule has 4 saturated carbocycles. The van der Waals surface area contributed by atoms with Crippen molar-refractivity contribution in [3.05, 3.63) is 29.0 Å². The second kappa shape index (κ2) is 6.03. The van der Waals surface area contributed by atoms with Crippen LogP contribution >= 0.6 is 11.6 Å². The summed E-state index contributed by atoms with van der Waals surface area (Å²) < 4.78 is 0. The molecule has 0 saturated heterocycles. The summed E-state index contributed by atoms with van der Waals surface area (Å²) in [5, 5.41) is 0.130. The molecule has 4 aliphatic carbocycles. The van der Waals surface area contributed by atoms with E-state index in [2.05, 4.69) is 15.8 Å². The lowest BCUT2D eigenvalue weighted by molar-refractivity contribution is -0.130. The molecule has 0 unspecified atom stereocenters. The van der Waals surface area contributed by atoms with Crippen LogP contribution in [0, 0.1) is 23.2 Å². The zero-order valence-electron chi connectivity index (χ0n) is 13.6. The third-order valence-electron chi connectivity index (χ3n) is 6.02. The summed E-state index contributed by atoms with van der Waals surface area (Å²) >= 11 is 5.89. The molecule has 1 aromatic rings. The fourth-order valence-electron chi connectivity index (χ4n) is 5.64. The molecule has 4 fully saturated rings. The van der Waals surface area contributed by atoms with Crippen molar-refractivity contribution in [1.82, 2.24) is 15.8 Å². The quantitative estimate of drug-likeness (QED) is 0.652. The average Bonchev–Trinajstić information content (AvgIpc) is 2.51. The summed E-state index contributed by atoms with van der Waals surface area (Å²) in [6.07, 6.45) is 9.63. The Hall–Kier alpha value is -1.62. The topological polar surface area (TPSA) is 71.1 Å². The highest BCUT2D eigenvalue weighted by atomic mass is 35.5. The summed E-state index contributed by atoms with van der Waals surface area (Å²) in [4.78, 5) is 28.3. The molecule has 5 rings (SSSR count). The molecule has 24 heavy (non-hydrogen) atoms. The minimum atomic E-state index is -0.438. The summed E-state index contributed by atoms with van der Waals surface area (Å²) in [5.74, 6) is 1.89. The maximum Gasteiger partial charge on any atom is 0.272 e. The van der Waals surface area contributed by atoms with Gasteiger partial charge in [-0.1, -0.05) is 11.6 Å². The predicted octanol–water partition coefficient (Wildman–Crippen LogP) is 3.10. The van der Waals surface area contributed by atoms with Crippen LogP contribution in [-0.4, -0.2) is 16.8 Å². The molecule has 0 radical (unpaired) electrons.